The molecule has 1 aromatic heterocycles. The van der Waals surface area contributed by atoms with E-state index < -0.39 is 38.4 Å². The maximum Gasteiger partial charge on any atom is 0.416 e. The molecular weight excluding hydrogens is 398 g/mol. The first-order chi connectivity index (χ1) is 11.3. The first kappa shape index (κ1) is 19.3. The fraction of sp³-hybridized carbons (Fsp3) is 0.154. The quantitative estimate of drug-likeness (QED) is 0.602. The Labute approximate surface area is 142 Å². The lowest BCUT2D eigenvalue weighted by atomic mass is 10.1. The lowest BCUT2D eigenvalue weighted by molar-refractivity contribution is -0.143. The second-order valence-corrected chi connectivity index (χ2v) is 6.79. The van der Waals surface area contributed by atoms with Crippen molar-refractivity contribution in [3.63, 3.8) is 0 Å². The molecule has 1 heterocycles. The minimum Gasteiger partial charge on any atom is -0.278 e. The molecule has 0 unspecified atom stereocenters. The number of anilines is 1. The van der Waals surface area contributed by atoms with Crippen LogP contribution in [0.2, 0.25) is 5.15 Å². The number of sulfonamides is 1. The van der Waals surface area contributed by atoms with E-state index in [4.69, 9.17) is 11.6 Å². The van der Waals surface area contributed by atoms with Crippen LogP contribution in [0.15, 0.2) is 41.4 Å². The van der Waals surface area contributed by atoms with Crippen LogP contribution >= 0.6 is 11.6 Å². The van der Waals surface area contributed by atoms with Crippen molar-refractivity contribution < 1.29 is 34.8 Å². The van der Waals surface area contributed by atoms with Gasteiger partial charge in [-0.15, -0.1) is 0 Å². The third-order valence-electron chi connectivity index (χ3n) is 2.85. The minimum atomic E-state index is -5.16. The first-order valence-corrected chi connectivity index (χ1v) is 8.09. The van der Waals surface area contributed by atoms with Gasteiger partial charge in [0.15, 0.2) is 0 Å². The van der Waals surface area contributed by atoms with Crippen molar-refractivity contribution >= 4 is 27.3 Å². The summed E-state index contributed by atoms with van der Waals surface area (Å²) in [6.45, 7) is 0. The van der Waals surface area contributed by atoms with Gasteiger partial charge in [-0.25, -0.2) is 13.4 Å². The van der Waals surface area contributed by atoms with Gasteiger partial charge in [-0.3, -0.25) is 4.72 Å². The predicted octanol–water partition coefficient (Wildman–Crippen LogP) is 4.57. The van der Waals surface area contributed by atoms with E-state index in [2.05, 4.69) is 4.98 Å². The zero-order valence-electron chi connectivity index (χ0n) is 11.8. The topological polar surface area (TPSA) is 59.1 Å². The number of aromatic nitrogens is 1. The molecule has 0 saturated heterocycles. The molecule has 0 spiro atoms. The molecule has 0 bridgehead atoms. The van der Waals surface area contributed by atoms with Gasteiger partial charge in [-0.05, 0) is 30.3 Å². The number of nitrogens with zero attached hydrogens (tertiary/aromatic N) is 1. The monoisotopic (exact) mass is 404 g/mol. The Balaban J connectivity index is 2.54. The number of hydrogen-bond donors (Lipinski definition) is 1. The predicted molar refractivity (Wildman–Crippen MR) is 76.5 cm³/mol. The Kier molecular flexibility index (Phi) is 4.92. The van der Waals surface area contributed by atoms with Crippen molar-refractivity contribution in [2.75, 3.05) is 4.72 Å². The number of rotatable bonds is 3. The van der Waals surface area contributed by atoms with E-state index in [-0.39, 0.29) is 29.0 Å². The average Bonchev–Trinajstić information content (AvgIpc) is 2.47. The summed E-state index contributed by atoms with van der Waals surface area (Å²) < 4.78 is 103. The van der Waals surface area contributed by atoms with E-state index in [0.29, 0.717) is 0 Å². The van der Waals surface area contributed by atoms with Crippen LogP contribution in [0.3, 0.4) is 0 Å². The summed E-state index contributed by atoms with van der Waals surface area (Å²) in [5.41, 5.74) is -3.66. The van der Waals surface area contributed by atoms with Gasteiger partial charge in [0.25, 0.3) is 10.0 Å². The van der Waals surface area contributed by atoms with Crippen molar-refractivity contribution in [3.8, 4) is 0 Å². The third-order valence-corrected chi connectivity index (χ3v) is 4.44. The SMILES string of the molecule is O=S(=O)(Nc1ccc(Cl)nc1)c1cc(C(F)(F)F)cc(C(F)(F)F)c1. The highest BCUT2D eigenvalue weighted by molar-refractivity contribution is 7.92. The highest BCUT2D eigenvalue weighted by Crippen LogP contribution is 2.37. The number of benzene rings is 1. The van der Waals surface area contributed by atoms with Crippen molar-refractivity contribution in [2.45, 2.75) is 17.2 Å². The summed E-state index contributed by atoms with van der Waals surface area (Å²) in [4.78, 5) is 2.36. The van der Waals surface area contributed by atoms with Crippen molar-refractivity contribution in [3.05, 3.63) is 52.8 Å². The van der Waals surface area contributed by atoms with Crippen LogP contribution in [0.25, 0.3) is 0 Å². The van der Waals surface area contributed by atoms with Crippen LogP contribution in [0.1, 0.15) is 11.1 Å². The molecule has 12 heteroatoms. The van der Waals surface area contributed by atoms with Crippen LogP contribution in [0.4, 0.5) is 32.0 Å². The Morgan fingerprint density at radius 2 is 1.44 bits per heavy atom. The molecule has 1 N–H and O–H groups in total. The molecular formula is C13H7ClF6N2O2S. The summed E-state index contributed by atoms with van der Waals surface area (Å²) in [6.07, 6.45) is -9.36. The molecule has 0 aliphatic rings. The molecule has 25 heavy (non-hydrogen) atoms. The second-order valence-electron chi connectivity index (χ2n) is 4.72. The molecule has 0 aliphatic heterocycles. The van der Waals surface area contributed by atoms with Crippen LogP contribution < -0.4 is 4.72 Å². The number of pyridine rings is 1. The average molecular weight is 405 g/mol. The van der Waals surface area contributed by atoms with Crippen LogP contribution in [0, 0.1) is 0 Å². The largest absolute Gasteiger partial charge is 0.416 e. The number of alkyl halides is 6. The van der Waals surface area contributed by atoms with E-state index in [1.54, 1.807) is 0 Å². The molecule has 2 aromatic rings. The Bertz CT molecular complexity index is 847. The highest BCUT2D eigenvalue weighted by Gasteiger charge is 2.38. The maximum atomic E-state index is 12.8. The Morgan fingerprint density at radius 1 is 0.920 bits per heavy atom. The van der Waals surface area contributed by atoms with E-state index in [1.165, 1.54) is 6.07 Å². The van der Waals surface area contributed by atoms with E-state index in [1.807, 2.05) is 4.72 Å². The normalized spacial score (nSPS) is 12.9. The maximum absolute atomic E-state index is 12.8. The summed E-state index contributed by atoms with van der Waals surface area (Å²) >= 11 is 5.50. The molecule has 4 nitrogen and oxygen atoms in total. The van der Waals surface area contributed by atoms with Crippen molar-refractivity contribution in [1.29, 1.82) is 0 Å². The van der Waals surface area contributed by atoms with Gasteiger partial charge in [0.1, 0.15) is 5.15 Å². The zero-order chi connectivity index (χ0) is 19.0. The standard InChI is InChI=1S/C13H7ClF6N2O2S/c14-11-2-1-9(6-21-11)22-25(23,24)10-4-7(12(15,16)17)3-8(5-10)13(18,19)20/h1-6,22H. The summed E-state index contributed by atoms with van der Waals surface area (Å²) in [5, 5.41) is 0.0152. The summed E-state index contributed by atoms with van der Waals surface area (Å²) in [7, 11) is -4.72. The smallest absolute Gasteiger partial charge is 0.278 e. The van der Waals surface area contributed by atoms with Crippen molar-refractivity contribution in [1.82, 2.24) is 4.98 Å². The van der Waals surface area contributed by atoms with Crippen LogP contribution in [-0.4, -0.2) is 13.4 Å². The van der Waals surface area contributed by atoms with Gasteiger partial charge in [0.2, 0.25) is 0 Å². The molecule has 0 aliphatic carbocycles. The van der Waals surface area contributed by atoms with Gasteiger partial charge in [0.05, 0.1) is 27.9 Å². The summed E-state index contributed by atoms with van der Waals surface area (Å²) in [6, 6.07) is 2.39. The summed E-state index contributed by atoms with van der Waals surface area (Å²) in [5.74, 6) is 0. The van der Waals surface area contributed by atoms with Gasteiger partial charge in [0, 0.05) is 0 Å². The molecule has 0 radical (unpaired) electrons. The van der Waals surface area contributed by atoms with E-state index in [9.17, 15) is 34.8 Å². The lowest BCUT2D eigenvalue weighted by Gasteiger charge is -2.15. The van der Waals surface area contributed by atoms with Crippen molar-refractivity contribution in [2.24, 2.45) is 0 Å². The number of hydrogen-bond acceptors (Lipinski definition) is 3. The molecule has 0 saturated carbocycles. The van der Waals surface area contributed by atoms with E-state index >= 15 is 0 Å². The Morgan fingerprint density at radius 3 is 1.84 bits per heavy atom. The molecule has 1 aromatic carbocycles. The highest BCUT2D eigenvalue weighted by atomic mass is 35.5. The fourth-order valence-corrected chi connectivity index (χ4v) is 2.96. The second kappa shape index (κ2) is 6.37. The first-order valence-electron chi connectivity index (χ1n) is 6.23. The van der Waals surface area contributed by atoms with Gasteiger partial charge in [-0.1, -0.05) is 11.6 Å². The van der Waals surface area contributed by atoms with Crippen LogP contribution in [-0.2, 0) is 22.4 Å². The Hall–Kier alpha value is -2.01. The lowest BCUT2D eigenvalue weighted by Crippen LogP contribution is -2.17. The zero-order valence-corrected chi connectivity index (χ0v) is 13.4. The molecule has 0 atom stereocenters. The fourth-order valence-electron chi connectivity index (χ4n) is 1.73. The molecule has 0 fully saturated rings. The van der Waals surface area contributed by atoms with Gasteiger partial charge in [-0.2, -0.15) is 26.3 Å². The molecule has 0 amide bonds. The minimum absolute atomic E-state index is 0.0152. The molecule has 136 valence electrons. The van der Waals surface area contributed by atoms with E-state index in [0.717, 1.165) is 12.3 Å². The number of halogens is 7. The van der Waals surface area contributed by atoms with Gasteiger partial charge >= 0.3 is 12.4 Å². The third kappa shape index (κ3) is 4.75. The van der Waals surface area contributed by atoms with Gasteiger partial charge < -0.3 is 0 Å². The van der Waals surface area contributed by atoms with Crippen LogP contribution in [0.5, 0.6) is 0 Å². The number of nitrogens with one attached hydrogen (secondary N) is 1. The molecule has 2 rings (SSSR count).